The summed E-state index contributed by atoms with van der Waals surface area (Å²) >= 11 is 0. The van der Waals surface area contributed by atoms with Crippen LogP contribution in [0.5, 0.6) is 0 Å². The first-order valence-electron chi connectivity index (χ1n) is 1.52. The molecule has 0 N–H and O–H groups in total. The molecular formula is C2H2N2OS2. The Kier molecular flexibility index (Phi) is 1.48. The maximum absolute atomic E-state index is 9.88. The van der Waals surface area contributed by atoms with Crippen molar-refractivity contribution >= 4 is 30.8 Å². The predicted octanol–water partition coefficient (Wildman–Crippen LogP) is -0.282. The molecule has 0 aliphatic carbocycles. The Morgan fingerprint density at radius 3 is 2.29 bits per heavy atom. The van der Waals surface area contributed by atoms with Crippen molar-refractivity contribution in [3.05, 3.63) is 0 Å². The van der Waals surface area contributed by atoms with Crippen molar-refractivity contribution in [2.75, 3.05) is 0 Å². The molecule has 0 aromatic heterocycles. The molecule has 0 saturated carbocycles. The molecule has 0 bridgehead atoms. The third-order valence-corrected chi connectivity index (χ3v) is 2.20. The molecule has 1 aliphatic heterocycles. The Labute approximate surface area is 45.8 Å². The normalized spacial score (nSPS) is 18.3. The second-order valence-electron chi connectivity index (χ2n) is 0.838. The monoisotopic (exact) mass is 134 g/mol. The SMILES string of the molecule is O=S=S1C=NN=C1. The number of hydrogen-bond acceptors (Lipinski definition) is 3. The van der Waals surface area contributed by atoms with Crippen molar-refractivity contribution < 1.29 is 4.21 Å². The van der Waals surface area contributed by atoms with Crippen LogP contribution < -0.4 is 0 Å². The lowest BCUT2D eigenvalue weighted by Gasteiger charge is -1.65. The van der Waals surface area contributed by atoms with E-state index in [1.807, 2.05) is 0 Å². The summed E-state index contributed by atoms with van der Waals surface area (Å²) in [6.07, 6.45) is 0. The first kappa shape index (κ1) is 4.86. The molecule has 0 radical (unpaired) electrons. The van der Waals surface area contributed by atoms with Gasteiger partial charge in [0.1, 0.15) is 10.2 Å². The van der Waals surface area contributed by atoms with Crippen LogP contribution >= 0.6 is 0 Å². The molecule has 0 unspecified atom stereocenters. The minimum atomic E-state index is -0.356. The zero-order chi connectivity index (χ0) is 5.11. The lowest BCUT2D eigenvalue weighted by molar-refractivity contribution is 0.701. The van der Waals surface area contributed by atoms with Gasteiger partial charge in [-0.3, -0.25) is 0 Å². The summed E-state index contributed by atoms with van der Waals surface area (Å²) in [4.78, 5) is 0. The predicted molar refractivity (Wildman–Crippen MR) is 32.5 cm³/mol. The van der Waals surface area contributed by atoms with E-state index in [9.17, 15) is 4.21 Å². The summed E-state index contributed by atoms with van der Waals surface area (Å²) in [5.41, 5.74) is 3.08. The highest BCUT2D eigenvalue weighted by atomic mass is 32.8. The molecule has 0 atom stereocenters. The summed E-state index contributed by atoms with van der Waals surface area (Å²) < 4.78 is 9.88. The Balaban J connectivity index is 3.00. The molecule has 0 saturated heterocycles. The highest BCUT2D eigenvalue weighted by molar-refractivity contribution is 8.45. The minimum Gasteiger partial charge on any atom is -0.205 e. The quantitative estimate of drug-likeness (QED) is 0.449. The molecule has 1 heterocycles. The van der Waals surface area contributed by atoms with E-state index in [4.69, 9.17) is 0 Å². The van der Waals surface area contributed by atoms with Gasteiger partial charge in [0.05, 0.1) is 11.1 Å². The number of rotatable bonds is 0. The van der Waals surface area contributed by atoms with Gasteiger partial charge >= 0.3 is 0 Å². The van der Waals surface area contributed by atoms with Crippen molar-refractivity contribution in [3.8, 4) is 0 Å². The van der Waals surface area contributed by atoms with Crippen molar-refractivity contribution in [3.63, 3.8) is 0 Å². The van der Waals surface area contributed by atoms with Crippen LogP contribution in [0.2, 0.25) is 0 Å². The van der Waals surface area contributed by atoms with E-state index >= 15 is 0 Å². The standard InChI is InChI=1S/C2H2N2OS2/c5-6-7-1-3-4-2-7/h1-2H. The van der Waals surface area contributed by atoms with Gasteiger partial charge in [0.25, 0.3) is 0 Å². The molecule has 0 aromatic carbocycles. The Hall–Kier alpha value is -0.290. The lowest BCUT2D eigenvalue weighted by atomic mass is 11.6. The Morgan fingerprint density at radius 2 is 2.00 bits per heavy atom. The minimum absolute atomic E-state index is 0.356. The van der Waals surface area contributed by atoms with Crippen LogP contribution in [0.3, 0.4) is 0 Å². The fourth-order valence-electron chi connectivity index (χ4n) is 0.210. The zero-order valence-corrected chi connectivity index (χ0v) is 4.91. The van der Waals surface area contributed by atoms with Gasteiger partial charge in [-0.25, -0.2) is 4.21 Å². The van der Waals surface area contributed by atoms with Crippen LogP contribution in [-0.2, 0) is 19.7 Å². The van der Waals surface area contributed by atoms with Crippen LogP contribution in [-0.4, -0.2) is 15.3 Å². The number of hydrogen-bond donors (Lipinski definition) is 0. The van der Waals surface area contributed by atoms with Gasteiger partial charge < -0.3 is 0 Å². The fraction of sp³-hybridized carbons (Fsp3) is 0. The summed E-state index contributed by atoms with van der Waals surface area (Å²) in [5, 5.41) is 6.94. The second-order valence-corrected chi connectivity index (χ2v) is 3.62. The number of nitrogens with zero attached hydrogens (tertiary/aromatic N) is 2. The van der Waals surface area contributed by atoms with Crippen molar-refractivity contribution in [1.29, 1.82) is 0 Å². The third kappa shape index (κ3) is 1.04. The fourth-order valence-corrected chi connectivity index (χ4v) is 1.07. The van der Waals surface area contributed by atoms with E-state index in [0.29, 0.717) is 10.2 Å². The first-order chi connectivity index (χ1) is 3.43. The average molecular weight is 134 g/mol. The second kappa shape index (κ2) is 2.13. The molecule has 5 heteroatoms. The van der Waals surface area contributed by atoms with E-state index in [0.717, 1.165) is 0 Å². The molecule has 0 fully saturated rings. The highest BCUT2D eigenvalue weighted by Gasteiger charge is 1.88. The Morgan fingerprint density at radius 1 is 1.43 bits per heavy atom. The molecule has 38 valence electrons. The molecule has 7 heavy (non-hydrogen) atoms. The molecule has 1 rings (SSSR count). The van der Waals surface area contributed by atoms with Crippen LogP contribution in [0.1, 0.15) is 0 Å². The Bertz CT molecular complexity index is 164. The smallest absolute Gasteiger partial charge is 0.132 e. The molecule has 0 spiro atoms. The average Bonchev–Trinajstić information content (AvgIpc) is 2.14. The van der Waals surface area contributed by atoms with Gasteiger partial charge in [0.15, 0.2) is 0 Å². The summed E-state index contributed by atoms with van der Waals surface area (Å²) in [6.45, 7) is 0. The molecular weight excluding hydrogens is 132 g/mol. The van der Waals surface area contributed by atoms with Gasteiger partial charge in [-0.1, -0.05) is 0 Å². The summed E-state index contributed by atoms with van der Waals surface area (Å²) in [6, 6.07) is 0. The van der Waals surface area contributed by atoms with E-state index in [2.05, 4.69) is 10.2 Å². The first-order valence-corrected chi connectivity index (χ1v) is 4.13. The van der Waals surface area contributed by atoms with Crippen LogP contribution in [0.25, 0.3) is 0 Å². The third-order valence-electron chi connectivity index (χ3n) is 0.447. The maximum atomic E-state index is 9.88. The molecule has 1 aliphatic rings. The van der Waals surface area contributed by atoms with Crippen LogP contribution in [0, 0.1) is 0 Å². The van der Waals surface area contributed by atoms with Gasteiger partial charge in [-0.05, 0) is 9.45 Å². The van der Waals surface area contributed by atoms with Crippen molar-refractivity contribution in [2.45, 2.75) is 0 Å². The molecule has 0 aromatic rings. The molecule has 3 nitrogen and oxygen atoms in total. The van der Waals surface area contributed by atoms with E-state index in [1.54, 1.807) is 0 Å². The highest BCUT2D eigenvalue weighted by Crippen LogP contribution is 1.83. The van der Waals surface area contributed by atoms with E-state index in [-0.39, 0.29) is 9.45 Å². The topological polar surface area (TPSA) is 41.8 Å². The van der Waals surface area contributed by atoms with Gasteiger partial charge in [0, 0.05) is 0 Å². The van der Waals surface area contributed by atoms with Gasteiger partial charge in [0.2, 0.25) is 0 Å². The maximum Gasteiger partial charge on any atom is 0.132 e. The van der Waals surface area contributed by atoms with Gasteiger partial charge in [-0.2, -0.15) is 10.2 Å². The van der Waals surface area contributed by atoms with E-state index in [1.165, 1.54) is 11.1 Å². The zero-order valence-electron chi connectivity index (χ0n) is 3.27. The summed E-state index contributed by atoms with van der Waals surface area (Å²) in [7, 11) is 0.155. The van der Waals surface area contributed by atoms with E-state index < -0.39 is 0 Å². The van der Waals surface area contributed by atoms with Crippen LogP contribution in [0.4, 0.5) is 0 Å². The largest absolute Gasteiger partial charge is 0.205 e. The van der Waals surface area contributed by atoms with Crippen molar-refractivity contribution in [2.24, 2.45) is 10.2 Å². The molecule has 0 amide bonds. The van der Waals surface area contributed by atoms with Gasteiger partial charge in [-0.15, -0.1) is 0 Å². The van der Waals surface area contributed by atoms with Crippen LogP contribution in [0.15, 0.2) is 10.2 Å². The summed E-state index contributed by atoms with van der Waals surface area (Å²) in [5.74, 6) is 0. The lowest BCUT2D eigenvalue weighted by Crippen LogP contribution is -1.81. The van der Waals surface area contributed by atoms with Crippen molar-refractivity contribution in [1.82, 2.24) is 0 Å².